The third-order valence-corrected chi connectivity index (χ3v) is 4.30. The molecule has 0 atom stereocenters. The van der Waals surface area contributed by atoms with E-state index in [2.05, 4.69) is 17.6 Å². The normalized spacial score (nSPS) is 14.5. The molecule has 5 nitrogen and oxygen atoms in total. The van der Waals surface area contributed by atoms with E-state index in [0.717, 1.165) is 43.5 Å². The number of hydrogen-bond acceptors (Lipinski definition) is 2. The van der Waals surface area contributed by atoms with Crippen LogP contribution >= 0.6 is 0 Å². The smallest absolute Gasteiger partial charge is 0.319 e. The first kappa shape index (κ1) is 18.3. The molecular weight excluding hydrogens is 302 g/mol. The molecule has 132 valence electrons. The Kier molecular flexibility index (Phi) is 7.59. The van der Waals surface area contributed by atoms with E-state index in [-0.39, 0.29) is 11.9 Å². The summed E-state index contributed by atoms with van der Waals surface area (Å²) in [5.74, 6) is 0.226. The zero-order valence-corrected chi connectivity index (χ0v) is 14.6. The minimum absolute atomic E-state index is 0.169. The third kappa shape index (κ3) is 6.22. The molecule has 1 aliphatic heterocycles. The number of rotatable bonds is 8. The standard InChI is InChI=1S/C19H29N3O2/c1-2-3-4-6-12-20-19(24)21-17-10-8-9-16(14-17)15-22-13-7-5-11-18(22)23/h8-10,14H,2-7,11-13,15H2,1H3,(H2,20,21,24). The van der Waals surface area contributed by atoms with E-state index in [1.807, 2.05) is 29.2 Å². The van der Waals surface area contributed by atoms with E-state index >= 15 is 0 Å². The number of piperidine rings is 1. The van der Waals surface area contributed by atoms with E-state index in [1.54, 1.807) is 0 Å². The molecule has 5 heteroatoms. The van der Waals surface area contributed by atoms with E-state index in [1.165, 1.54) is 12.8 Å². The summed E-state index contributed by atoms with van der Waals surface area (Å²) in [7, 11) is 0. The van der Waals surface area contributed by atoms with Crippen molar-refractivity contribution in [1.29, 1.82) is 0 Å². The molecule has 1 fully saturated rings. The number of carbonyl (C=O) groups is 2. The number of amides is 3. The molecule has 0 aliphatic carbocycles. The molecule has 1 saturated heterocycles. The zero-order chi connectivity index (χ0) is 17.2. The van der Waals surface area contributed by atoms with Crippen molar-refractivity contribution in [2.75, 3.05) is 18.4 Å². The maximum atomic E-state index is 11.9. The molecule has 3 amide bonds. The highest BCUT2D eigenvalue weighted by Crippen LogP contribution is 2.17. The Hall–Kier alpha value is -2.04. The van der Waals surface area contributed by atoms with Crippen LogP contribution in [-0.4, -0.2) is 29.9 Å². The molecule has 0 radical (unpaired) electrons. The average Bonchev–Trinajstić information content (AvgIpc) is 2.57. The number of anilines is 1. The van der Waals surface area contributed by atoms with E-state index in [0.29, 0.717) is 19.5 Å². The van der Waals surface area contributed by atoms with Gasteiger partial charge in [0.15, 0.2) is 0 Å². The molecule has 0 aromatic heterocycles. The molecule has 0 bridgehead atoms. The first-order valence-electron chi connectivity index (χ1n) is 9.10. The number of urea groups is 1. The van der Waals surface area contributed by atoms with Gasteiger partial charge in [0.1, 0.15) is 0 Å². The number of hydrogen-bond donors (Lipinski definition) is 2. The Morgan fingerprint density at radius 3 is 2.88 bits per heavy atom. The number of carbonyl (C=O) groups excluding carboxylic acids is 2. The molecule has 2 rings (SSSR count). The van der Waals surface area contributed by atoms with Gasteiger partial charge in [0.25, 0.3) is 0 Å². The van der Waals surface area contributed by atoms with Gasteiger partial charge in [-0.2, -0.15) is 0 Å². The van der Waals surface area contributed by atoms with E-state index < -0.39 is 0 Å². The van der Waals surface area contributed by atoms with Gasteiger partial charge in [0, 0.05) is 31.7 Å². The molecule has 24 heavy (non-hydrogen) atoms. The number of nitrogens with one attached hydrogen (secondary N) is 2. The fraction of sp³-hybridized carbons (Fsp3) is 0.579. The molecule has 0 saturated carbocycles. The van der Waals surface area contributed by atoms with Crippen LogP contribution in [-0.2, 0) is 11.3 Å². The SMILES string of the molecule is CCCCCCNC(=O)Nc1cccc(CN2CCCCC2=O)c1. The number of unbranched alkanes of at least 4 members (excludes halogenated alkanes) is 3. The van der Waals surface area contributed by atoms with Crippen molar-refractivity contribution in [3.8, 4) is 0 Å². The maximum Gasteiger partial charge on any atom is 0.319 e. The van der Waals surface area contributed by atoms with Gasteiger partial charge in [-0.05, 0) is 37.0 Å². The van der Waals surface area contributed by atoms with E-state index in [4.69, 9.17) is 0 Å². The zero-order valence-electron chi connectivity index (χ0n) is 14.6. The molecule has 1 aromatic rings. The Labute approximate surface area is 144 Å². The summed E-state index contributed by atoms with van der Waals surface area (Å²) in [6.45, 7) is 4.32. The van der Waals surface area contributed by atoms with Crippen LogP contribution in [0.2, 0.25) is 0 Å². The summed E-state index contributed by atoms with van der Waals surface area (Å²) >= 11 is 0. The molecule has 0 unspecified atom stereocenters. The lowest BCUT2D eigenvalue weighted by Crippen LogP contribution is -2.34. The number of benzene rings is 1. The van der Waals surface area contributed by atoms with E-state index in [9.17, 15) is 9.59 Å². The van der Waals surface area contributed by atoms with Crippen LogP contribution in [0.25, 0.3) is 0 Å². The second-order valence-electron chi connectivity index (χ2n) is 6.41. The van der Waals surface area contributed by atoms with Crippen LogP contribution in [0.15, 0.2) is 24.3 Å². The van der Waals surface area contributed by atoms with Gasteiger partial charge in [-0.3, -0.25) is 4.79 Å². The van der Waals surface area contributed by atoms with Gasteiger partial charge in [-0.15, -0.1) is 0 Å². The Balaban J connectivity index is 1.79. The summed E-state index contributed by atoms with van der Waals surface area (Å²) in [5.41, 5.74) is 1.81. The topological polar surface area (TPSA) is 61.4 Å². The van der Waals surface area contributed by atoms with Gasteiger partial charge in [0.2, 0.25) is 5.91 Å². The van der Waals surface area contributed by atoms with Crippen LogP contribution in [0.5, 0.6) is 0 Å². The van der Waals surface area contributed by atoms with Crippen molar-refractivity contribution in [2.45, 2.75) is 58.4 Å². The minimum atomic E-state index is -0.169. The first-order chi connectivity index (χ1) is 11.7. The van der Waals surface area contributed by atoms with Crippen molar-refractivity contribution >= 4 is 17.6 Å². The van der Waals surface area contributed by atoms with Gasteiger partial charge < -0.3 is 15.5 Å². The summed E-state index contributed by atoms with van der Waals surface area (Å²) in [5, 5.41) is 5.75. The molecular formula is C19H29N3O2. The summed E-state index contributed by atoms with van der Waals surface area (Å²) in [4.78, 5) is 25.7. The maximum absolute atomic E-state index is 11.9. The second-order valence-corrected chi connectivity index (χ2v) is 6.41. The van der Waals surface area contributed by atoms with Crippen molar-refractivity contribution < 1.29 is 9.59 Å². The lowest BCUT2D eigenvalue weighted by atomic mass is 10.1. The average molecular weight is 331 g/mol. The highest BCUT2D eigenvalue weighted by Gasteiger charge is 2.18. The fourth-order valence-corrected chi connectivity index (χ4v) is 2.93. The van der Waals surface area contributed by atoms with Gasteiger partial charge in [0.05, 0.1) is 0 Å². The summed E-state index contributed by atoms with van der Waals surface area (Å²) in [6.07, 6.45) is 7.28. The monoisotopic (exact) mass is 331 g/mol. The lowest BCUT2D eigenvalue weighted by Gasteiger charge is -2.26. The quantitative estimate of drug-likeness (QED) is 0.710. The van der Waals surface area contributed by atoms with Crippen LogP contribution in [0, 0.1) is 0 Å². The molecule has 1 heterocycles. The molecule has 1 aliphatic rings. The van der Waals surface area contributed by atoms with Crippen LogP contribution in [0.1, 0.15) is 57.4 Å². The van der Waals surface area contributed by atoms with Crippen LogP contribution in [0.4, 0.5) is 10.5 Å². The fourth-order valence-electron chi connectivity index (χ4n) is 2.93. The second kappa shape index (κ2) is 9.96. The Bertz CT molecular complexity index is 545. The van der Waals surface area contributed by atoms with Crippen molar-refractivity contribution in [1.82, 2.24) is 10.2 Å². The van der Waals surface area contributed by atoms with Crippen molar-refractivity contribution in [2.24, 2.45) is 0 Å². The Morgan fingerprint density at radius 1 is 1.21 bits per heavy atom. The molecule has 2 N–H and O–H groups in total. The van der Waals surface area contributed by atoms with Gasteiger partial charge in [-0.1, -0.05) is 38.3 Å². The molecule has 1 aromatic carbocycles. The van der Waals surface area contributed by atoms with Crippen LogP contribution < -0.4 is 10.6 Å². The third-order valence-electron chi connectivity index (χ3n) is 4.30. The predicted octanol–water partition coefficient (Wildman–Crippen LogP) is 3.90. The largest absolute Gasteiger partial charge is 0.338 e. The Morgan fingerprint density at radius 2 is 2.08 bits per heavy atom. The first-order valence-corrected chi connectivity index (χ1v) is 9.10. The van der Waals surface area contributed by atoms with Gasteiger partial charge in [-0.25, -0.2) is 4.79 Å². The highest BCUT2D eigenvalue weighted by molar-refractivity contribution is 5.89. The van der Waals surface area contributed by atoms with Crippen molar-refractivity contribution in [3.05, 3.63) is 29.8 Å². The minimum Gasteiger partial charge on any atom is -0.338 e. The number of likely N-dealkylation sites (tertiary alicyclic amines) is 1. The summed E-state index contributed by atoms with van der Waals surface area (Å²) < 4.78 is 0. The lowest BCUT2D eigenvalue weighted by molar-refractivity contribution is -0.133. The summed E-state index contributed by atoms with van der Waals surface area (Å²) in [6, 6.07) is 7.56. The van der Waals surface area contributed by atoms with Crippen LogP contribution in [0.3, 0.4) is 0 Å². The predicted molar refractivity (Wildman–Crippen MR) is 96.9 cm³/mol. The van der Waals surface area contributed by atoms with Crippen molar-refractivity contribution in [3.63, 3.8) is 0 Å². The van der Waals surface area contributed by atoms with Gasteiger partial charge >= 0.3 is 6.03 Å². The molecule has 0 spiro atoms. The number of nitrogens with zero attached hydrogens (tertiary/aromatic N) is 1. The highest BCUT2D eigenvalue weighted by atomic mass is 16.2.